The van der Waals surface area contributed by atoms with Crippen LogP contribution in [0.5, 0.6) is 0 Å². The topological polar surface area (TPSA) is 93.5 Å². The van der Waals surface area contributed by atoms with E-state index in [2.05, 4.69) is 10.6 Å². The van der Waals surface area contributed by atoms with Crippen molar-refractivity contribution in [3.05, 3.63) is 71.8 Å². The van der Waals surface area contributed by atoms with Crippen molar-refractivity contribution in [2.75, 3.05) is 6.54 Å². The van der Waals surface area contributed by atoms with E-state index in [1.165, 1.54) is 0 Å². The molecular weight excluding hydrogens is 378 g/mol. The summed E-state index contributed by atoms with van der Waals surface area (Å²) >= 11 is 0. The largest absolute Gasteiger partial charge is 0.445 e. The summed E-state index contributed by atoms with van der Waals surface area (Å²) in [5.41, 5.74) is 7.44. The van der Waals surface area contributed by atoms with Crippen LogP contribution in [0.2, 0.25) is 0 Å². The van der Waals surface area contributed by atoms with Crippen molar-refractivity contribution in [1.82, 2.24) is 10.6 Å². The maximum absolute atomic E-state index is 12.6. The van der Waals surface area contributed by atoms with Crippen molar-refractivity contribution in [2.24, 2.45) is 5.73 Å². The highest BCUT2D eigenvalue weighted by Crippen LogP contribution is 2.12. The van der Waals surface area contributed by atoms with Crippen LogP contribution in [0, 0.1) is 0 Å². The van der Waals surface area contributed by atoms with Gasteiger partial charge in [0, 0.05) is 0 Å². The van der Waals surface area contributed by atoms with Crippen LogP contribution in [-0.4, -0.2) is 24.6 Å². The van der Waals surface area contributed by atoms with Crippen LogP contribution >= 0.6 is 12.4 Å². The molecule has 2 rings (SSSR count). The first kappa shape index (κ1) is 23.5. The third-order valence-corrected chi connectivity index (χ3v) is 4.18. The van der Waals surface area contributed by atoms with E-state index in [0.29, 0.717) is 19.4 Å². The number of ether oxygens (including phenoxy) is 1. The van der Waals surface area contributed by atoms with Crippen LogP contribution in [0.15, 0.2) is 60.7 Å². The van der Waals surface area contributed by atoms with E-state index in [-0.39, 0.29) is 31.0 Å². The molecule has 4 N–H and O–H groups in total. The van der Waals surface area contributed by atoms with E-state index in [4.69, 9.17) is 10.5 Å². The van der Waals surface area contributed by atoms with Crippen LogP contribution in [-0.2, 0) is 16.1 Å². The second-order valence-electron chi connectivity index (χ2n) is 6.33. The number of carbonyl (C=O) groups is 2. The number of benzene rings is 2. The van der Waals surface area contributed by atoms with Gasteiger partial charge in [0.2, 0.25) is 5.91 Å². The normalized spacial score (nSPS) is 12.2. The first-order valence-corrected chi connectivity index (χ1v) is 9.12. The molecule has 2 atom stereocenters. The quantitative estimate of drug-likeness (QED) is 0.596. The smallest absolute Gasteiger partial charge is 0.408 e. The summed E-state index contributed by atoms with van der Waals surface area (Å²) in [5.74, 6) is -0.253. The zero-order valence-corrected chi connectivity index (χ0v) is 16.8. The third kappa shape index (κ3) is 7.98. The molecule has 0 saturated carbocycles. The highest BCUT2D eigenvalue weighted by Gasteiger charge is 2.22. The van der Waals surface area contributed by atoms with Gasteiger partial charge in [-0.3, -0.25) is 4.79 Å². The van der Waals surface area contributed by atoms with E-state index < -0.39 is 12.1 Å². The van der Waals surface area contributed by atoms with E-state index >= 15 is 0 Å². The standard InChI is InChI=1S/C21H27N3O3.ClH/c1-16(18-11-6-3-7-12-18)23-20(25)19(13-8-14-22)24-21(26)27-15-17-9-4-2-5-10-17;/h2-7,9-12,16,19H,8,13-15,22H2,1H3,(H,23,25)(H,24,26);1H/t16?,19-;/m1./s1. The SMILES string of the molecule is CC(NC(=O)[C@@H](CCCN)NC(=O)OCc1ccccc1)c1ccccc1.Cl. The molecule has 2 aromatic rings. The van der Waals surface area contributed by atoms with Crippen LogP contribution in [0.4, 0.5) is 4.79 Å². The van der Waals surface area contributed by atoms with Gasteiger partial charge in [-0.05, 0) is 37.4 Å². The maximum Gasteiger partial charge on any atom is 0.408 e. The van der Waals surface area contributed by atoms with Gasteiger partial charge in [-0.2, -0.15) is 0 Å². The molecule has 28 heavy (non-hydrogen) atoms. The number of carbonyl (C=O) groups excluding carboxylic acids is 2. The fourth-order valence-electron chi connectivity index (χ4n) is 2.64. The molecule has 0 saturated heterocycles. The second-order valence-corrected chi connectivity index (χ2v) is 6.33. The molecule has 7 heteroatoms. The van der Waals surface area contributed by atoms with Gasteiger partial charge in [-0.1, -0.05) is 60.7 Å². The molecule has 0 aliphatic carbocycles. The number of hydrogen-bond acceptors (Lipinski definition) is 4. The Morgan fingerprint density at radius 2 is 1.61 bits per heavy atom. The van der Waals surface area contributed by atoms with E-state index in [1.807, 2.05) is 67.6 Å². The fraction of sp³-hybridized carbons (Fsp3) is 0.333. The Balaban J connectivity index is 0.00000392. The predicted molar refractivity (Wildman–Crippen MR) is 112 cm³/mol. The number of nitrogens with one attached hydrogen (secondary N) is 2. The molecule has 0 fully saturated rings. The average molecular weight is 406 g/mol. The second kappa shape index (κ2) is 12.8. The summed E-state index contributed by atoms with van der Waals surface area (Å²) in [4.78, 5) is 24.7. The van der Waals surface area contributed by atoms with E-state index in [0.717, 1.165) is 11.1 Å². The summed E-state index contributed by atoms with van der Waals surface area (Å²) in [5, 5.41) is 5.58. The minimum absolute atomic E-state index is 0. The van der Waals surface area contributed by atoms with Crippen LogP contribution in [0.1, 0.15) is 36.9 Å². The Bertz CT molecular complexity index is 713. The molecule has 0 bridgehead atoms. The zero-order valence-electron chi connectivity index (χ0n) is 16.0. The van der Waals surface area contributed by atoms with Crippen molar-refractivity contribution in [2.45, 2.75) is 38.5 Å². The van der Waals surface area contributed by atoms with E-state index in [9.17, 15) is 9.59 Å². The molecule has 0 heterocycles. The molecule has 2 aromatic carbocycles. The predicted octanol–water partition coefficient (Wildman–Crippen LogP) is 3.32. The molecule has 0 radical (unpaired) electrons. The Labute approximate surface area is 172 Å². The number of nitrogens with two attached hydrogens (primary N) is 1. The Morgan fingerprint density at radius 3 is 2.21 bits per heavy atom. The van der Waals surface area contributed by atoms with Gasteiger partial charge in [0.05, 0.1) is 6.04 Å². The molecule has 0 aromatic heterocycles. The van der Waals surface area contributed by atoms with Crippen LogP contribution in [0.3, 0.4) is 0 Å². The third-order valence-electron chi connectivity index (χ3n) is 4.18. The van der Waals surface area contributed by atoms with Crippen LogP contribution < -0.4 is 16.4 Å². The summed E-state index contributed by atoms with van der Waals surface area (Å²) in [6.07, 6.45) is 0.449. The lowest BCUT2D eigenvalue weighted by molar-refractivity contribution is -0.123. The van der Waals surface area contributed by atoms with Crippen LogP contribution in [0.25, 0.3) is 0 Å². The van der Waals surface area contributed by atoms with Gasteiger partial charge in [-0.25, -0.2) is 4.79 Å². The average Bonchev–Trinajstić information content (AvgIpc) is 2.70. The Morgan fingerprint density at radius 1 is 1.00 bits per heavy atom. The first-order valence-electron chi connectivity index (χ1n) is 9.12. The molecule has 2 amide bonds. The number of amides is 2. The minimum Gasteiger partial charge on any atom is -0.445 e. The van der Waals surface area contributed by atoms with Gasteiger partial charge in [-0.15, -0.1) is 12.4 Å². The number of rotatable bonds is 9. The zero-order chi connectivity index (χ0) is 19.5. The molecule has 0 spiro atoms. The van der Waals surface area contributed by atoms with Gasteiger partial charge in [0.1, 0.15) is 12.6 Å². The maximum atomic E-state index is 12.6. The molecule has 1 unspecified atom stereocenters. The fourth-order valence-corrected chi connectivity index (χ4v) is 2.64. The molecule has 0 aliphatic rings. The van der Waals surface area contributed by atoms with Crippen molar-refractivity contribution >= 4 is 24.4 Å². The van der Waals surface area contributed by atoms with Gasteiger partial charge >= 0.3 is 6.09 Å². The van der Waals surface area contributed by atoms with Crippen molar-refractivity contribution in [1.29, 1.82) is 0 Å². The Kier molecular flexibility index (Phi) is 10.7. The molecule has 152 valence electrons. The molecule has 0 aliphatic heterocycles. The van der Waals surface area contributed by atoms with E-state index in [1.54, 1.807) is 0 Å². The van der Waals surface area contributed by atoms with Gasteiger partial charge in [0.25, 0.3) is 0 Å². The molecule has 6 nitrogen and oxygen atoms in total. The minimum atomic E-state index is -0.692. The molecular formula is C21H28ClN3O3. The summed E-state index contributed by atoms with van der Waals surface area (Å²) < 4.78 is 5.22. The summed E-state index contributed by atoms with van der Waals surface area (Å²) in [7, 11) is 0. The Hall–Kier alpha value is -2.57. The lowest BCUT2D eigenvalue weighted by Gasteiger charge is -2.21. The lowest BCUT2D eigenvalue weighted by atomic mass is 10.1. The number of alkyl carbamates (subject to hydrolysis) is 1. The highest BCUT2D eigenvalue weighted by molar-refractivity contribution is 5.86. The van der Waals surface area contributed by atoms with Crippen molar-refractivity contribution in [3.63, 3.8) is 0 Å². The summed E-state index contributed by atoms with van der Waals surface area (Å²) in [6, 6.07) is 18.2. The van der Waals surface area contributed by atoms with Gasteiger partial charge < -0.3 is 21.1 Å². The monoisotopic (exact) mass is 405 g/mol. The lowest BCUT2D eigenvalue weighted by Crippen LogP contribution is -2.47. The van der Waals surface area contributed by atoms with Gasteiger partial charge in [0.15, 0.2) is 0 Å². The van der Waals surface area contributed by atoms with Crippen molar-refractivity contribution < 1.29 is 14.3 Å². The number of halogens is 1. The summed E-state index contributed by atoms with van der Waals surface area (Å²) in [6.45, 7) is 2.50. The van der Waals surface area contributed by atoms with Crippen molar-refractivity contribution in [3.8, 4) is 0 Å². The number of hydrogen-bond donors (Lipinski definition) is 3. The first-order chi connectivity index (χ1) is 13.1. The highest BCUT2D eigenvalue weighted by atomic mass is 35.5.